The van der Waals surface area contributed by atoms with Crippen molar-refractivity contribution in [2.45, 2.75) is 20.8 Å². The molecule has 0 aromatic heterocycles. The lowest BCUT2D eigenvalue weighted by Gasteiger charge is -2.18. The summed E-state index contributed by atoms with van der Waals surface area (Å²) in [5.74, 6) is -1.09. The summed E-state index contributed by atoms with van der Waals surface area (Å²) in [7, 11) is 0. The van der Waals surface area contributed by atoms with E-state index in [1.54, 1.807) is 20.8 Å². The Bertz CT molecular complexity index is 804. The third-order valence-corrected chi connectivity index (χ3v) is 3.91. The Balaban J connectivity index is 2.14. The molecule has 0 saturated carbocycles. The summed E-state index contributed by atoms with van der Waals surface area (Å²) in [6.45, 7) is 4.50. The van der Waals surface area contributed by atoms with Crippen LogP contribution in [-0.4, -0.2) is 24.1 Å². The van der Waals surface area contributed by atoms with Crippen LogP contribution in [0.4, 0.5) is 0 Å². The molecule has 0 heterocycles. The fourth-order valence-corrected chi connectivity index (χ4v) is 2.23. The fraction of sp³-hybridized carbons (Fsp3) is 0.222. The van der Waals surface area contributed by atoms with Crippen molar-refractivity contribution in [3.63, 3.8) is 0 Å². The zero-order chi connectivity index (χ0) is 17.1. The summed E-state index contributed by atoms with van der Waals surface area (Å²) in [6.07, 6.45) is 0. The molecule has 5 nitrogen and oxygen atoms in total. The summed E-state index contributed by atoms with van der Waals surface area (Å²) in [5, 5.41) is 8.72. The monoisotopic (exact) mass is 309 g/mol. The summed E-state index contributed by atoms with van der Waals surface area (Å²) in [5.41, 5.74) is 2.04. The van der Waals surface area contributed by atoms with Crippen LogP contribution in [0.1, 0.15) is 36.7 Å². The number of hydrogen-bond acceptors (Lipinski definition) is 5. The van der Waals surface area contributed by atoms with Crippen LogP contribution in [0, 0.1) is 11.3 Å². The molecule has 5 heteroatoms. The van der Waals surface area contributed by atoms with Gasteiger partial charge in [-0.15, -0.1) is 0 Å². The number of carbonyl (C=O) groups is 3. The van der Waals surface area contributed by atoms with Gasteiger partial charge in [-0.3, -0.25) is 9.59 Å². The van der Waals surface area contributed by atoms with E-state index < -0.39 is 5.97 Å². The maximum absolute atomic E-state index is 12.2. The van der Waals surface area contributed by atoms with Gasteiger partial charge in [0.1, 0.15) is 6.61 Å². The largest absolute Gasteiger partial charge is 0.457 e. The van der Waals surface area contributed by atoms with Crippen molar-refractivity contribution in [3.8, 4) is 6.07 Å². The second-order valence-corrected chi connectivity index (χ2v) is 5.28. The van der Waals surface area contributed by atoms with Crippen LogP contribution in [-0.2, 0) is 14.3 Å². The van der Waals surface area contributed by atoms with E-state index in [2.05, 4.69) is 0 Å². The Morgan fingerprint density at radius 3 is 2.13 bits per heavy atom. The molecule has 0 atom stereocenters. The molecule has 1 aliphatic carbocycles. The number of hydrogen-bond donors (Lipinski definition) is 0. The molecule has 116 valence electrons. The number of ketones is 2. The summed E-state index contributed by atoms with van der Waals surface area (Å²) in [4.78, 5) is 36.3. The smallest absolute Gasteiger partial charge is 0.338 e. The summed E-state index contributed by atoms with van der Waals surface area (Å²) in [6, 6.07) is 7.92. The molecule has 0 amide bonds. The minimum Gasteiger partial charge on any atom is -0.457 e. The molecular formula is C18H15NO4. The Morgan fingerprint density at radius 1 is 1.00 bits per heavy atom. The van der Waals surface area contributed by atoms with E-state index in [-0.39, 0.29) is 29.3 Å². The third kappa shape index (κ3) is 3.11. The highest BCUT2D eigenvalue weighted by Crippen LogP contribution is 2.24. The number of Topliss-reactive ketones (excluding diaryl/α,β-unsaturated/α-hetero) is 2. The van der Waals surface area contributed by atoms with Crippen molar-refractivity contribution in [3.05, 3.63) is 57.7 Å². The SMILES string of the molecule is CC1=C(C)C(=O)C(COC(=O)c2ccc(C#N)cc2)=C(C)C1=O. The molecule has 0 saturated heterocycles. The molecule has 0 spiro atoms. The van der Waals surface area contributed by atoms with Crippen LogP contribution >= 0.6 is 0 Å². The normalized spacial score (nSPS) is 14.9. The Labute approximate surface area is 133 Å². The van der Waals surface area contributed by atoms with Crippen LogP contribution in [0.2, 0.25) is 0 Å². The molecule has 0 radical (unpaired) electrons. The Kier molecular flexibility index (Phi) is 4.56. The van der Waals surface area contributed by atoms with E-state index in [0.717, 1.165) is 0 Å². The van der Waals surface area contributed by atoms with Gasteiger partial charge in [0.05, 0.1) is 17.2 Å². The van der Waals surface area contributed by atoms with Gasteiger partial charge in [0.25, 0.3) is 0 Å². The fourth-order valence-electron chi connectivity index (χ4n) is 2.23. The topological polar surface area (TPSA) is 84.2 Å². The number of ether oxygens (including phenoxy) is 1. The van der Waals surface area contributed by atoms with E-state index >= 15 is 0 Å². The van der Waals surface area contributed by atoms with Gasteiger partial charge in [-0.2, -0.15) is 5.26 Å². The predicted octanol–water partition coefficient (Wildman–Crippen LogP) is 2.52. The summed E-state index contributed by atoms with van der Waals surface area (Å²) < 4.78 is 5.14. The molecule has 1 aromatic carbocycles. The number of rotatable bonds is 3. The first-order valence-corrected chi connectivity index (χ1v) is 7.00. The van der Waals surface area contributed by atoms with Crippen molar-refractivity contribution in [2.24, 2.45) is 0 Å². The lowest BCUT2D eigenvalue weighted by Crippen LogP contribution is -2.24. The molecular weight excluding hydrogens is 294 g/mol. The van der Waals surface area contributed by atoms with Gasteiger partial charge in [-0.25, -0.2) is 4.79 Å². The van der Waals surface area contributed by atoms with Gasteiger partial charge in [0.15, 0.2) is 11.6 Å². The first-order valence-electron chi connectivity index (χ1n) is 7.00. The first-order chi connectivity index (χ1) is 10.9. The number of carbonyl (C=O) groups excluding carboxylic acids is 3. The minimum absolute atomic E-state index is 0.202. The Morgan fingerprint density at radius 2 is 1.57 bits per heavy atom. The number of nitrogens with zero attached hydrogens (tertiary/aromatic N) is 1. The second kappa shape index (κ2) is 6.41. The number of benzene rings is 1. The molecule has 1 aromatic rings. The molecule has 0 unspecified atom stereocenters. The maximum Gasteiger partial charge on any atom is 0.338 e. The quantitative estimate of drug-likeness (QED) is 0.632. The van der Waals surface area contributed by atoms with Crippen molar-refractivity contribution >= 4 is 17.5 Å². The average Bonchev–Trinajstić information content (AvgIpc) is 2.58. The van der Waals surface area contributed by atoms with Crippen LogP contribution in [0.15, 0.2) is 46.6 Å². The molecule has 0 N–H and O–H groups in total. The zero-order valence-corrected chi connectivity index (χ0v) is 13.1. The zero-order valence-electron chi connectivity index (χ0n) is 13.1. The second-order valence-electron chi connectivity index (χ2n) is 5.28. The minimum atomic E-state index is -0.612. The van der Waals surface area contributed by atoms with Gasteiger partial charge < -0.3 is 4.74 Å². The van der Waals surface area contributed by atoms with Crippen LogP contribution in [0.5, 0.6) is 0 Å². The Hall–Kier alpha value is -3.00. The first kappa shape index (κ1) is 16.4. The highest BCUT2D eigenvalue weighted by molar-refractivity contribution is 6.24. The molecule has 0 bridgehead atoms. The van der Waals surface area contributed by atoms with Gasteiger partial charge >= 0.3 is 5.97 Å². The molecule has 23 heavy (non-hydrogen) atoms. The molecule has 1 aliphatic rings. The van der Waals surface area contributed by atoms with Gasteiger partial charge in [0.2, 0.25) is 0 Å². The molecule has 0 aliphatic heterocycles. The third-order valence-electron chi connectivity index (χ3n) is 3.91. The average molecular weight is 309 g/mol. The number of esters is 1. The summed E-state index contributed by atoms with van der Waals surface area (Å²) >= 11 is 0. The van der Waals surface area contributed by atoms with Crippen LogP contribution < -0.4 is 0 Å². The maximum atomic E-state index is 12.2. The van der Waals surface area contributed by atoms with Crippen LogP contribution in [0.25, 0.3) is 0 Å². The highest BCUT2D eigenvalue weighted by Gasteiger charge is 2.28. The van der Waals surface area contributed by atoms with E-state index in [0.29, 0.717) is 22.3 Å². The standard InChI is InChI=1S/C18H15NO4/c1-10-11(2)17(21)15(12(3)16(10)20)9-23-18(22)14-6-4-13(8-19)5-7-14/h4-7H,9H2,1-3H3. The number of nitriles is 1. The van der Waals surface area contributed by atoms with E-state index in [1.807, 2.05) is 6.07 Å². The van der Waals surface area contributed by atoms with Crippen LogP contribution in [0.3, 0.4) is 0 Å². The highest BCUT2D eigenvalue weighted by atomic mass is 16.5. The van der Waals surface area contributed by atoms with E-state index in [9.17, 15) is 14.4 Å². The van der Waals surface area contributed by atoms with Crippen molar-refractivity contribution in [1.29, 1.82) is 5.26 Å². The number of allylic oxidation sites excluding steroid dienone is 3. The van der Waals surface area contributed by atoms with Crippen molar-refractivity contribution < 1.29 is 19.1 Å². The molecule has 0 fully saturated rings. The molecule has 2 rings (SSSR count). The van der Waals surface area contributed by atoms with E-state index in [1.165, 1.54) is 24.3 Å². The predicted molar refractivity (Wildman–Crippen MR) is 82.5 cm³/mol. The lowest BCUT2D eigenvalue weighted by atomic mass is 9.86. The van der Waals surface area contributed by atoms with Gasteiger partial charge in [-0.1, -0.05) is 0 Å². The van der Waals surface area contributed by atoms with Crippen molar-refractivity contribution in [1.82, 2.24) is 0 Å². The lowest BCUT2D eigenvalue weighted by molar-refractivity contribution is -0.116. The van der Waals surface area contributed by atoms with Gasteiger partial charge in [0, 0.05) is 22.3 Å². The van der Waals surface area contributed by atoms with E-state index in [4.69, 9.17) is 10.00 Å². The van der Waals surface area contributed by atoms with Gasteiger partial charge in [-0.05, 0) is 45.0 Å². The van der Waals surface area contributed by atoms with Crippen molar-refractivity contribution in [2.75, 3.05) is 6.61 Å².